The molecule has 0 N–H and O–H groups in total. The van der Waals surface area contributed by atoms with Crippen LogP contribution in [0.2, 0.25) is 0 Å². The summed E-state index contributed by atoms with van der Waals surface area (Å²) in [7, 11) is 1.26. The smallest absolute Gasteiger partial charge is 0.318 e. The number of benzene rings is 1. The fraction of sp³-hybridized carbons (Fsp3) is 0.429. The summed E-state index contributed by atoms with van der Waals surface area (Å²) in [5.41, 5.74) is -0.277. The predicted octanol–water partition coefficient (Wildman–Crippen LogP) is 2.90. The number of methoxy groups -OCH3 is 1. The van der Waals surface area contributed by atoms with E-state index in [1.54, 1.807) is 6.07 Å². The molecule has 5 heteroatoms. The van der Waals surface area contributed by atoms with Gasteiger partial charge in [-0.3, -0.25) is 9.59 Å². The molecule has 1 rings (SSSR count). The summed E-state index contributed by atoms with van der Waals surface area (Å²) >= 11 is 3.34. The Kier molecular flexibility index (Phi) is 5.11. The fourth-order valence-electron chi connectivity index (χ4n) is 1.42. The lowest BCUT2D eigenvalue weighted by Crippen LogP contribution is -2.37. The number of esters is 1. The van der Waals surface area contributed by atoms with Gasteiger partial charge < -0.3 is 9.47 Å². The van der Waals surface area contributed by atoms with E-state index in [9.17, 15) is 9.59 Å². The van der Waals surface area contributed by atoms with Crippen molar-refractivity contribution in [3.05, 3.63) is 28.2 Å². The first kappa shape index (κ1) is 15.7. The molecule has 0 aliphatic heterocycles. The molecule has 1 aromatic rings. The molecule has 0 spiro atoms. The summed E-state index contributed by atoms with van der Waals surface area (Å²) in [5, 5.41) is 0. The van der Waals surface area contributed by atoms with Gasteiger partial charge in [-0.15, -0.1) is 0 Å². The van der Waals surface area contributed by atoms with Crippen LogP contribution in [0.1, 0.15) is 19.4 Å². The van der Waals surface area contributed by atoms with Gasteiger partial charge in [-0.2, -0.15) is 0 Å². The number of aryl methyl sites for hydroxylation is 1. The van der Waals surface area contributed by atoms with Crippen LogP contribution in [0.25, 0.3) is 0 Å². The maximum absolute atomic E-state index is 12.0. The number of ketones is 1. The van der Waals surface area contributed by atoms with E-state index in [0.29, 0.717) is 5.75 Å². The van der Waals surface area contributed by atoms with Gasteiger partial charge in [-0.05, 0) is 38.5 Å². The number of Topliss-reactive ketones (excluding diaryl/α,β-unsaturated/α-hetero) is 1. The van der Waals surface area contributed by atoms with E-state index in [4.69, 9.17) is 4.74 Å². The van der Waals surface area contributed by atoms with E-state index in [0.717, 1.165) is 10.0 Å². The molecule has 1 aromatic carbocycles. The van der Waals surface area contributed by atoms with Gasteiger partial charge in [0.1, 0.15) is 17.8 Å². The molecule has 0 unspecified atom stereocenters. The Balaban J connectivity index is 2.74. The van der Waals surface area contributed by atoms with Crippen LogP contribution >= 0.6 is 15.9 Å². The maximum Gasteiger partial charge on any atom is 0.318 e. The van der Waals surface area contributed by atoms with Crippen molar-refractivity contribution < 1.29 is 19.1 Å². The quantitative estimate of drug-likeness (QED) is 0.616. The van der Waals surface area contributed by atoms with Gasteiger partial charge in [0.2, 0.25) is 0 Å². The minimum absolute atomic E-state index is 0.167. The van der Waals surface area contributed by atoms with E-state index < -0.39 is 11.4 Å². The van der Waals surface area contributed by atoms with E-state index in [-0.39, 0.29) is 12.4 Å². The number of hydrogen-bond acceptors (Lipinski definition) is 4. The molecule has 0 amide bonds. The number of hydrogen-bond donors (Lipinski definition) is 0. The van der Waals surface area contributed by atoms with Crippen LogP contribution in [0, 0.1) is 12.3 Å². The normalized spacial score (nSPS) is 11.0. The second kappa shape index (κ2) is 6.19. The SMILES string of the molecule is COC(=O)C(C)(C)C(=O)COc1cc(Br)ccc1C. The molecular formula is C14H17BrO4. The van der Waals surface area contributed by atoms with Crippen molar-refractivity contribution in [1.29, 1.82) is 0 Å². The molecule has 104 valence electrons. The van der Waals surface area contributed by atoms with Crippen LogP contribution < -0.4 is 4.74 Å². The Morgan fingerprint density at radius 3 is 2.53 bits per heavy atom. The third kappa shape index (κ3) is 3.80. The third-order valence-corrected chi connectivity index (χ3v) is 3.40. The van der Waals surface area contributed by atoms with Crippen molar-refractivity contribution in [2.24, 2.45) is 5.41 Å². The second-order valence-corrected chi connectivity index (χ2v) is 5.65. The first-order valence-corrected chi connectivity index (χ1v) is 6.59. The third-order valence-electron chi connectivity index (χ3n) is 2.90. The molecule has 19 heavy (non-hydrogen) atoms. The zero-order chi connectivity index (χ0) is 14.6. The minimum atomic E-state index is -1.20. The van der Waals surface area contributed by atoms with Crippen LogP contribution in [0.5, 0.6) is 5.75 Å². The topological polar surface area (TPSA) is 52.6 Å². The fourth-order valence-corrected chi connectivity index (χ4v) is 1.76. The van der Waals surface area contributed by atoms with E-state index >= 15 is 0 Å². The molecule has 0 fully saturated rings. The van der Waals surface area contributed by atoms with Gasteiger partial charge in [0.15, 0.2) is 5.78 Å². The van der Waals surface area contributed by atoms with Crippen molar-refractivity contribution in [2.75, 3.05) is 13.7 Å². The Morgan fingerprint density at radius 2 is 1.95 bits per heavy atom. The zero-order valence-corrected chi connectivity index (χ0v) is 13.0. The summed E-state index contributed by atoms with van der Waals surface area (Å²) in [6, 6.07) is 5.56. The number of rotatable bonds is 5. The van der Waals surface area contributed by atoms with Crippen molar-refractivity contribution in [1.82, 2.24) is 0 Å². The average molecular weight is 329 g/mol. The average Bonchev–Trinajstić information content (AvgIpc) is 2.38. The molecule has 0 heterocycles. The van der Waals surface area contributed by atoms with Crippen LogP contribution in [-0.4, -0.2) is 25.5 Å². The summed E-state index contributed by atoms with van der Waals surface area (Å²) in [6.07, 6.45) is 0. The largest absolute Gasteiger partial charge is 0.485 e. The van der Waals surface area contributed by atoms with Crippen molar-refractivity contribution in [2.45, 2.75) is 20.8 Å². The summed E-state index contributed by atoms with van der Waals surface area (Å²) in [5.74, 6) is -0.269. The van der Waals surface area contributed by atoms with Crippen LogP contribution in [0.3, 0.4) is 0 Å². The highest BCUT2D eigenvalue weighted by molar-refractivity contribution is 9.10. The standard InChI is InChI=1S/C14H17BrO4/c1-9-5-6-10(15)7-11(9)19-8-12(16)14(2,3)13(17)18-4/h5-7H,8H2,1-4H3. The number of carbonyl (C=O) groups excluding carboxylic acids is 2. The molecule has 4 nitrogen and oxygen atoms in total. The van der Waals surface area contributed by atoms with E-state index in [1.807, 2.05) is 19.1 Å². The maximum atomic E-state index is 12.0. The predicted molar refractivity (Wildman–Crippen MR) is 75.2 cm³/mol. The first-order chi connectivity index (χ1) is 8.78. The molecule has 0 aromatic heterocycles. The van der Waals surface area contributed by atoms with Gasteiger partial charge in [-0.1, -0.05) is 22.0 Å². The minimum Gasteiger partial charge on any atom is -0.485 e. The first-order valence-electron chi connectivity index (χ1n) is 5.79. The molecule has 0 bridgehead atoms. The molecular weight excluding hydrogens is 312 g/mol. The van der Waals surface area contributed by atoms with E-state index in [1.165, 1.54) is 21.0 Å². The monoisotopic (exact) mass is 328 g/mol. The number of ether oxygens (including phenoxy) is 2. The number of carbonyl (C=O) groups is 2. The molecule has 0 radical (unpaired) electrons. The van der Waals surface area contributed by atoms with E-state index in [2.05, 4.69) is 20.7 Å². The summed E-state index contributed by atoms with van der Waals surface area (Å²) < 4.78 is 10.9. The van der Waals surface area contributed by atoms with Gasteiger partial charge in [0, 0.05) is 4.47 Å². The van der Waals surface area contributed by atoms with Gasteiger partial charge in [-0.25, -0.2) is 0 Å². The van der Waals surface area contributed by atoms with Crippen LogP contribution in [0.15, 0.2) is 22.7 Å². The number of halogens is 1. The second-order valence-electron chi connectivity index (χ2n) is 4.74. The van der Waals surface area contributed by atoms with Crippen LogP contribution in [-0.2, 0) is 14.3 Å². The molecule has 0 saturated heterocycles. The van der Waals surface area contributed by atoms with Crippen LogP contribution in [0.4, 0.5) is 0 Å². The highest BCUT2D eigenvalue weighted by atomic mass is 79.9. The molecule has 0 atom stereocenters. The van der Waals surface area contributed by atoms with Gasteiger partial charge in [0.05, 0.1) is 7.11 Å². The molecule has 0 saturated carbocycles. The summed E-state index contributed by atoms with van der Waals surface area (Å²) in [6.45, 7) is 4.77. The Morgan fingerprint density at radius 1 is 1.32 bits per heavy atom. The molecule has 0 aliphatic rings. The Bertz CT molecular complexity index is 494. The Hall–Kier alpha value is -1.36. The zero-order valence-electron chi connectivity index (χ0n) is 11.5. The highest BCUT2D eigenvalue weighted by Crippen LogP contribution is 2.24. The lowest BCUT2D eigenvalue weighted by atomic mass is 9.88. The highest BCUT2D eigenvalue weighted by Gasteiger charge is 2.37. The van der Waals surface area contributed by atoms with Crippen molar-refractivity contribution in [3.63, 3.8) is 0 Å². The van der Waals surface area contributed by atoms with Gasteiger partial charge in [0.25, 0.3) is 0 Å². The lowest BCUT2D eigenvalue weighted by Gasteiger charge is -2.20. The van der Waals surface area contributed by atoms with Crippen molar-refractivity contribution in [3.8, 4) is 5.75 Å². The summed E-state index contributed by atoms with van der Waals surface area (Å²) in [4.78, 5) is 23.5. The van der Waals surface area contributed by atoms with Gasteiger partial charge >= 0.3 is 5.97 Å². The molecule has 0 aliphatic carbocycles. The van der Waals surface area contributed by atoms with Crippen molar-refractivity contribution >= 4 is 27.7 Å². The Labute approximate surface area is 121 Å². The lowest BCUT2D eigenvalue weighted by molar-refractivity contribution is -0.156.